The largest absolute Gasteiger partial charge is 0.496 e. The first-order chi connectivity index (χ1) is 14.6. The van der Waals surface area contributed by atoms with E-state index in [1.165, 1.54) is 36.2 Å². The van der Waals surface area contributed by atoms with Crippen LogP contribution < -0.4 is 15.6 Å². The van der Waals surface area contributed by atoms with E-state index in [1.54, 1.807) is 12.3 Å². The number of nitrogens with zero attached hydrogens (tertiary/aromatic N) is 4. The Morgan fingerprint density at radius 3 is 2.93 bits per heavy atom. The van der Waals surface area contributed by atoms with E-state index >= 15 is 0 Å². The molecule has 0 aliphatic carbocycles. The first-order valence-electron chi connectivity index (χ1n) is 9.17. The number of carbonyl (C=O) groups excluding carboxylic acids is 1. The zero-order chi connectivity index (χ0) is 21.1. The molecule has 1 aliphatic rings. The third kappa shape index (κ3) is 3.90. The highest BCUT2D eigenvalue weighted by molar-refractivity contribution is 5.97. The summed E-state index contributed by atoms with van der Waals surface area (Å²) in [6.45, 7) is 0.722. The van der Waals surface area contributed by atoms with E-state index in [0.29, 0.717) is 30.4 Å². The van der Waals surface area contributed by atoms with Crippen LogP contribution in [-0.4, -0.2) is 45.7 Å². The van der Waals surface area contributed by atoms with Gasteiger partial charge < -0.3 is 14.8 Å². The monoisotopic (exact) mass is 411 g/mol. The molecule has 1 atom stereocenters. The van der Waals surface area contributed by atoms with Crippen molar-refractivity contribution < 1.29 is 18.7 Å². The van der Waals surface area contributed by atoms with Gasteiger partial charge in [0.05, 0.1) is 43.8 Å². The summed E-state index contributed by atoms with van der Waals surface area (Å²) < 4.78 is 25.6. The van der Waals surface area contributed by atoms with Gasteiger partial charge in [-0.2, -0.15) is 0 Å². The maximum absolute atomic E-state index is 13.5. The van der Waals surface area contributed by atoms with Crippen molar-refractivity contribution in [3.8, 4) is 17.1 Å². The molecule has 1 aliphatic heterocycles. The summed E-state index contributed by atoms with van der Waals surface area (Å²) in [5.41, 5.74) is 0.733. The molecular formula is C20H18FN5O4. The molecule has 9 nitrogen and oxygen atoms in total. The van der Waals surface area contributed by atoms with Crippen LogP contribution in [-0.2, 0) is 11.3 Å². The Morgan fingerprint density at radius 1 is 1.30 bits per heavy atom. The van der Waals surface area contributed by atoms with Gasteiger partial charge in [-0.1, -0.05) is 0 Å². The molecule has 1 unspecified atom stereocenters. The predicted octanol–water partition coefficient (Wildman–Crippen LogP) is 1.35. The number of ether oxygens (including phenoxy) is 2. The minimum Gasteiger partial charge on any atom is -0.496 e. The lowest BCUT2D eigenvalue weighted by Gasteiger charge is -2.19. The molecule has 2 aromatic heterocycles. The van der Waals surface area contributed by atoms with E-state index in [1.807, 2.05) is 0 Å². The Bertz CT molecular complexity index is 1140. The molecule has 4 rings (SSSR count). The second-order valence-corrected chi connectivity index (χ2v) is 6.53. The van der Waals surface area contributed by atoms with Crippen molar-refractivity contribution >= 4 is 5.91 Å². The van der Waals surface area contributed by atoms with Crippen LogP contribution in [0.15, 0.2) is 47.7 Å². The average Bonchev–Trinajstić information content (AvgIpc) is 2.96. The van der Waals surface area contributed by atoms with Crippen LogP contribution in [0.3, 0.4) is 0 Å². The molecule has 0 bridgehead atoms. The molecule has 0 fully saturated rings. The minimum absolute atomic E-state index is 0.0992. The maximum atomic E-state index is 13.5. The topological polar surface area (TPSA) is 108 Å². The van der Waals surface area contributed by atoms with Gasteiger partial charge in [0.25, 0.3) is 11.5 Å². The number of methoxy groups -OCH3 is 1. The molecule has 154 valence electrons. The smallest absolute Gasteiger partial charge is 0.255 e. The number of hydrogen-bond acceptors (Lipinski definition) is 7. The van der Waals surface area contributed by atoms with Crippen molar-refractivity contribution in [2.24, 2.45) is 0 Å². The molecular weight excluding hydrogens is 393 g/mol. The third-order valence-electron chi connectivity index (χ3n) is 4.65. The number of carbonyl (C=O) groups is 1. The van der Waals surface area contributed by atoms with Gasteiger partial charge in [-0.15, -0.1) is 0 Å². The summed E-state index contributed by atoms with van der Waals surface area (Å²) >= 11 is 0. The van der Waals surface area contributed by atoms with Crippen molar-refractivity contribution in [2.75, 3.05) is 20.3 Å². The summed E-state index contributed by atoms with van der Waals surface area (Å²) in [5.74, 6) is -0.574. The van der Waals surface area contributed by atoms with E-state index in [-0.39, 0.29) is 23.5 Å². The van der Waals surface area contributed by atoms with Crippen LogP contribution in [0.5, 0.6) is 5.75 Å². The molecule has 0 spiro atoms. The highest BCUT2D eigenvalue weighted by atomic mass is 19.1. The van der Waals surface area contributed by atoms with Crippen LogP contribution in [0.2, 0.25) is 0 Å². The van der Waals surface area contributed by atoms with Crippen LogP contribution in [0.4, 0.5) is 4.39 Å². The molecule has 30 heavy (non-hydrogen) atoms. The molecule has 0 saturated heterocycles. The summed E-state index contributed by atoms with van der Waals surface area (Å²) in [6.07, 6.45) is 2.92. The van der Waals surface area contributed by atoms with Gasteiger partial charge >= 0.3 is 0 Å². The molecule has 0 saturated carbocycles. The van der Waals surface area contributed by atoms with Gasteiger partial charge in [-0.25, -0.2) is 19.3 Å². The third-order valence-corrected chi connectivity index (χ3v) is 4.65. The highest BCUT2D eigenvalue weighted by Crippen LogP contribution is 2.22. The van der Waals surface area contributed by atoms with Gasteiger partial charge in [-0.05, 0) is 18.2 Å². The standard InChI is InChI=1S/C20H18FN5O4/c1-29-17-8-12(21)2-3-13(17)20(28)25-16-10-30-7-6-26-18(27)9-15(24-19(16)26)14-4-5-22-11-23-14/h2-5,8-9,11,16H,6-7,10H2,1H3,(H,25,28). The zero-order valence-electron chi connectivity index (χ0n) is 16.0. The van der Waals surface area contributed by atoms with Gasteiger partial charge in [0.15, 0.2) is 0 Å². The fraction of sp³-hybridized carbons (Fsp3) is 0.250. The predicted molar refractivity (Wildman–Crippen MR) is 104 cm³/mol. The quantitative estimate of drug-likeness (QED) is 0.690. The molecule has 1 aromatic carbocycles. The van der Waals surface area contributed by atoms with Crippen molar-refractivity contribution in [1.29, 1.82) is 0 Å². The Kier molecular flexibility index (Phi) is 5.48. The second-order valence-electron chi connectivity index (χ2n) is 6.53. The average molecular weight is 411 g/mol. The van der Waals surface area contributed by atoms with E-state index < -0.39 is 17.8 Å². The lowest BCUT2D eigenvalue weighted by atomic mass is 10.1. The first kappa shape index (κ1) is 19.6. The van der Waals surface area contributed by atoms with Crippen LogP contribution >= 0.6 is 0 Å². The van der Waals surface area contributed by atoms with Gasteiger partial charge in [-0.3, -0.25) is 14.2 Å². The number of halogens is 1. The normalized spacial score (nSPS) is 15.7. The number of nitrogens with one attached hydrogen (secondary N) is 1. The zero-order valence-corrected chi connectivity index (χ0v) is 16.0. The fourth-order valence-electron chi connectivity index (χ4n) is 3.21. The fourth-order valence-corrected chi connectivity index (χ4v) is 3.21. The molecule has 10 heteroatoms. The van der Waals surface area contributed by atoms with E-state index in [2.05, 4.69) is 20.3 Å². The Balaban J connectivity index is 1.71. The van der Waals surface area contributed by atoms with Gasteiger partial charge in [0.2, 0.25) is 0 Å². The maximum Gasteiger partial charge on any atom is 0.255 e. The van der Waals surface area contributed by atoms with E-state index in [0.717, 1.165) is 6.07 Å². The van der Waals surface area contributed by atoms with E-state index in [4.69, 9.17) is 9.47 Å². The summed E-state index contributed by atoms with van der Waals surface area (Å²) in [4.78, 5) is 38.1. The summed E-state index contributed by atoms with van der Waals surface area (Å²) in [7, 11) is 1.35. The van der Waals surface area contributed by atoms with Crippen LogP contribution in [0.1, 0.15) is 22.2 Å². The lowest BCUT2D eigenvalue weighted by molar-refractivity contribution is 0.0853. The van der Waals surface area contributed by atoms with Gasteiger partial charge in [0, 0.05) is 18.3 Å². The van der Waals surface area contributed by atoms with Gasteiger partial charge in [0.1, 0.15) is 29.8 Å². The first-order valence-corrected chi connectivity index (χ1v) is 9.17. The van der Waals surface area contributed by atoms with Crippen LogP contribution in [0.25, 0.3) is 11.4 Å². The number of fused-ring (bicyclic) bond motifs is 1. The molecule has 3 heterocycles. The number of amides is 1. The summed E-state index contributed by atoms with van der Waals surface area (Å²) in [6, 6.07) is 5.96. The molecule has 0 radical (unpaired) electrons. The number of benzene rings is 1. The highest BCUT2D eigenvalue weighted by Gasteiger charge is 2.26. The van der Waals surface area contributed by atoms with E-state index in [9.17, 15) is 14.0 Å². The number of aromatic nitrogens is 4. The van der Waals surface area contributed by atoms with Crippen molar-refractivity contribution in [3.63, 3.8) is 0 Å². The number of hydrogen-bond donors (Lipinski definition) is 1. The Hall–Kier alpha value is -3.66. The van der Waals surface area contributed by atoms with Crippen LogP contribution in [0, 0.1) is 5.82 Å². The van der Waals surface area contributed by atoms with Crippen molar-refractivity contribution in [3.05, 3.63) is 70.4 Å². The Labute approximate surface area is 170 Å². The summed E-state index contributed by atoms with van der Waals surface area (Å²) in [5, 5.41) is 2.81. The molecule has 1 amide bonds. The number of rotatable bonds is 4. The minimum atomic E-state index is -0.704. The Morgan fingerprint density at radius 2 is 2.17 bits per heavy atom. The lowest BCUT2D eigenvalue weighted by Crippen LogP contribution is -2.35. The second kappa shape index (κ2) is 8.37. The van der Waals surface area contributed by atoms with Crippen molar-refractivity contribution in [2.45, 2.75) is 12.6 Å². The SMILES string of the molecule is COc1cc(F)ccc1C(=O)NC1COCCn2c1nc(-c1ccncn1)cc2=O. The molecule has 1 N–H and O–H groups in total. The molecule has 3 aromatic rings. The van der Waals surface area contributed by atoms with Crippen molar-refractivity contribution in [1.82, 2.24) is 24.8 Å².